The van der Waals surface area contributed by atoms with E-state index in [4.69, 9.17) is 9.84 Å². The van der Waals surface area contributed by atoms with Crippen LogP contribution in [0.4, 0.5) is 5.69 Å². The number of carbonyl (C=O) groups is 2. The van der Waals surface area contributed by atoms with Crippen LogP contribution < -0.4 is 10.2 Å². The Kier molecular flexibility index (Phi) is 8.32. The van der Waals surface area contributed by atoms with Gasteiger partial charge in [-0.25, -0.2) is 10.2 Å². The summed E-state index contributed by atoms with van der Waals surface area (Å²) in [5.41, 5.74) is 4.34. The van der Waals surface area contributed by atoms with Crippen LogP contribution in [0.5, 0.6) is 5.75 Å². The minimum atomic E-state index is -0.979. The largest absolute Gasteiger partial charge is 0.487 e. The fraction of sp³-hybridized carbons (Fsp3) is 0.0455. The summed E-state index contributed by atoms with van der Waals surface area (Å²) in [4.78, 5) is 33.2. The lowest BCUT2D eigenvalue weighted by molar-refractivity contribution is -0.384. The topological polar surface area (TPSA) is 131 Å². The number of nitro groups is 1. The van der Waals surface area contributed by atoms with E-state index in [1.807, 2.05) is 12.1 Å². The van der Waals surface area contributed by atoms with Gasteiger partial charge in [0.05, 0.1) is 23.8 Å². The van der Waals surface area contributed by atoms with Gasteiger partial charge >= 0.3 is 5.97 Å². The fourth-order valence-electron chi connectivity index (χ4n) is 2.66. The average molecular weight is 671 g/mol. The molecule has 0 aromatic heterocycles. The second-order valence-corrected chi connectivity index (χ2v) is 8.93. The van der Waals surface area contributed by atoms with Gasteiger partial charge in [0, 0.05) is 17.7 Å². The molecule has 11 heteroatoms. The summed E-state index contributed by atoms with van der Waals surface area (Å²) in [6, 6.07) is 15.4. The van der Waals surface area contributed by atoms with Gasteiger partial charge in [-0.2, -0.15) is 5.10 Å². The zero-order valence-electron chi connectivity index (χ0n) is 16.7. The maximum absolute atomic E-state index is 12.1. The standard InChI is InChI=1S/C22H15I2N3O6/c23-18-9-14(11-25-26-21(28)15-5-7-17(8-6-15)27(31)32)10-19(24)20(18)33-12-13-1-3-16(4-2-13)22(29)30/h1-11H,12H2,(H,26,28)(H,29,30)/b25-11-. The van der Waals surface area contributed by atoms with E-state index in [0.29, 0.717) is 5.75 Å². The van der Waals surface area contributed by atoms with Crippen molar-refractivity contribution in [3.05, 3.63) is 100 Å². The third kappa shape index (κ3) is 6.71. The number of hydrazone groups is 1. The van der Waals surface area contributed by atoms with E-state index < -0.39 is 16.8 Å². The molecule has 0 spiro atoms. The van der Waals surface area contributed by atoms with Gasteiger partial charge < -0.3 is 9.84 Å². The Morgan fingerprint density at radius 1 is 1.03 bits per heavy atom. The third-order valence-electron chi connectivity index (χ3n) is 4.32. The number of nitrogens with zero attached hydrogens (tertiary/aromatic N) is 2. The summed E-state index contributed by atoms with van der Waals surface area (Å²) in [5.74, 6) is -0.780. The molecule has 168 valence electrons. The van der Waals surface area contributed by atoms with Crippen molar-refractivity contribution < 1.29 is 24.4 Å². The summed E-state index contributed by atoms with van der Waals surface area (Å²) < 4.78 is 7.59. The number of hydrogen-bond donors (Lipinski definition) is 2. The molecule has 0 aliphatic rings. The number of nitrogens with one attached hydrogen (secondary N) is 1. The number of benzene rings is 3. The van der Waals surface area contributed by atoms with Gasteiger partial charge in [-0.1, -0.05) is 12.1 Å². The molecule has 2 N–H and O–H groups in total. The summed E-state index contributed by atoms with van der Waals surface area (Å²) >= 11 is 4.28. The molecule has 9 nitrogen and oxygen atoms in total. The molecule has 0 aliphatic heterocycles. The molecular formula is C22H15I2N3O6. The van der Waals surface area contributed by atoms with Crippen LogP contribution in [0.15, 0.2) is 65.8 Å². The second kappa shape index (κ2) is 11.2. The molecule has 3 rings (SSSR count). The first-order chi connectivity index (χ1) is 15.7. The Labute approximate surface area is 215 Å². The van der Waals surface area contributed by atoms with Crippen molar-refractivity contribution in [3.8, 4) is 5.75 Å². The van der Waals surface area contributed by atoms with Gasteiger partial charge in [0.15, 0.2) is 0 Å². The van der Waals surface area contributed by atoms with Crippen LogP contribution in [0.1, 0.15) is 31.8 Å². The molecule has 0 heterocycles. The highest BCUT2D eigenvalue weighted by Gasteiger charge is 2.11. The third-order valence-corrected chi connectivity index (χ3v) is 5.93. The lowest BCUT2D eigenvalue weighted by Gasteiger charge is -2.11. The smallest absolute Gasteiger partial charge is 0.335 e. The number of carbonyl (C=O) groups excluding carboxylic acids is 1. The summed E-state index contributed by atoms with van der Waals surface area (Å²) in [6.07, 6.45) is 1.49. The number of rotatable bonds is 8. The molecular weight excluding hydrogens is 656 g/mol. The van der Waals surface area contributed by atoms with Gasteiger partial charge in [-0.3, -0.25) is 14.9 Å². The molecule has 0 saturated carbocycles. The van der Waals surface area contributed by atoms with Crippen LogP contribution in [-0.4, -0.2) is 28.1 Å². The van der Waals surface area contributed by atoms with Gasteiger partial charge in [-0.05, 0) is 92.7 Å². The maximum Gasteiger partial charge on any atom is 0.335 e. The molecule has 0 fully saturated rings. The number of hydrogen-bond acceptors (Lipinski definition) is 6. The molecule has 3 aromatic rings. The summed E-state index contributed by atoms with van der Waals surface area (Å²) in [6.45, 7) is 0.282. The number of carboxylic acid groups (broad SMARTS) is 1. The molecule has 0 atom stereocenters. The number of nitro benzene ring substituents is 1. The van der Waals surface area contributed by atoms with Crippen LogP contribution >= 0.6 is 45.2 Å². The molecule has 0 radical (unpaired) electrons. The Morgan fingerprint density at radius 2 is 1.61 bits per heavy atom. The number of amides is 1. The highest BCUT2D eigenvalue weighted by atomic mass is 127. The fourth-order valence-corrected chi connectivity index (χ4v) is 4.78. The Morgan fingerprint density at radius 3 is 2.15 bits per heavy atom. The van der Waals surface area contributed by atoms with E-state index in [-0.39, 0.29) is 23.4 Å². The summed E-state index contributed by atoms with van der Waals surface area (Å²) in [7, 11) is 0. The Bertz CT molecular complexity index is 1200. The number of aromatic carboxylic acids is 1. The van der Waals surface area contributed by atoms with Crippen LogP contribution in [0.3, 0.4) is 0 Å². The number of ether oxygens (including phenoxy) is 1. The molecule has 0 aliphatic carbocycles. The molecule has 0 bridgehead atoms. The van der Waals surface area contributed by atoms with Crippen molar-refractivity contribution in [3.63, 3.8) is 0 Å². The Hall–Kier alpha value is -3.07. The highest BCUT2D eigenvalue weighted by Crippen LogP contribution is 2.29. The van der Waals surface area contributed by atoms with E-state index >= 15 is 0 Å². The number of carboxylic acids is 1. The number of non-ortho nitro benzene ring substituents is 1. The van der Waals surface area contributed by atoms with Crippen molar-refractivity contribution in [1.82, 2.24) is 5.43 Å². The minimum Gasteiger partial charge on any atom is -0.487 e. The van der Waals surface area contributed by atoms with E-state index in [0.717, 1.165) is 18.3 Å². The predicted octanol–water partition coefficient (Wildman–Crippen LogP) is 4.85. The van der Waals surface area contributed by atoms with Crippen molar-refractivity contribution >= 4 is 69.0 Å². The van der Waals surface area contributed by atoms with Crippen molar-refractivity contribution in [2.75, 3.05) is 0 Å². The molecule has 0 unspecified atom stereocenters. The lowest BCUT2D eigenvalue weighted by atomic mass is 10.1. The maximum atomic E-state index is 12.1. The molecule has 0 saturated heterocycles. The van der Waals surface area contributed by atoms with E-state index in [1.165, 1.54) is 42.6 Å². The lowest BCUT2D eigenvalue weighted by Crippen LogP contribution is -2.17. The predicted molar refractivity (Wildman–Crippen MR) is 138 cm³/mol. The van der Waals surface area contributed by atoms with Crippen LogP contribution in [-0.2, 0) is 6.61 Å². The van der Waals surface area contributed by atoms with Crippen LogP contribution in [0.2, 0.25) is 0 Å². The van der Waals surface area contributed by atoms with Crippen molar-refractivity contribution in [1.29, 1.82) is 0 Å². The van der Waals surface area contributed by atoms with Gasteiger partial charge in [-0.15, -0.1) is 0 Å². The normalized spacial score (nSPS) is 10.7. The van der Waals surface area contributed by atoms with Crippen molar-refractivity contribution in [2.45, 2.75) is 6.61 Å². The van der Waals surface area contributed by atoms with E-state index in [9.17, 15) is 19.7 Å². The molecule has 33 heavy (non-hydrogen) atoms. The molecule has 3 aromatic carbocycles. The van der Waals surface area contributed by atoms with E-state index in [2.05, 4.69) is 55.7 Å². The SMILES string of the molecule is O=C(O)c1ccc(COc2c(I)cc(/C=N\NC(=O)c3ccc([N+](=O)[O-])cc3)cc2I)cc1. The average Bonchev–Trinajstić information content (AvgIpc) is 2.78. The zero-order valence-corrected chi connectivity index (χ0v) is 21.0. The molecule has 1 amide bonds. The van der Waals surface area contributed by atoms with Crippen LogP contribution in [0, 0.1) is 17.3 Å². The number of halogens is 2. The van der Waals surface area contributed by atoms with Gasteiger partial charge in [0.25, 0.3) is 11.6 Å². The Balaban J connectivity index is 1.61. The van der Waals surface area contributed by atoms with Crippen LogP contribution in [0.25, 0.3) is 0 Å². The quantitative estimate of drug-likeness (QED) is 0.153. The van der Waals surface area contributed by atoms with Gasteiger partial charge in [0.1, 0.15) is 12.4 Å². The van der Waals surface area contributed by atoms with Crippen molar-refractivity contribution in [2.24, 2.45) is 5.10 Å². The second-order valence-electron chi connectivity index (χ2n) is 6.61. The van der Waals surface area contributed by atoms with Gasteiger partial charge in [0.2, 0.25) is 0 Å². The monoisotopic (exact) mass is 671 g/mol. The summed E-state index contributed by atoms with van der Waals surface area (Å²) in [5, 5.41) is 23.6. The minimum absolute atomic E-state index is 0.0983. The highest BCUT2D eigenvalue weighted by molar-refractivity contribution is 14.1. The first-order valence-electron chi connectivity index (χ1n) is 9.26. The first-order valence-corrected chi connectivity index (χ1v) is 11.4. The first kappa shape index (κ1) is 24.6. The van der Waals surface area contributed by atoms with E-state index in [1.54, 1.807) is 12.1 Å². The zero-order chi connectivity index (χ0) is 24.0.